The molecule has 1 aliphatic carbocycles. The van der Waals surface area contributed by atoms with E-state index in [1.807, 2.05) is 36.4 Å². The Morgan fingerprint density at radius 2 is 1.64 bits per heavy atom. The zero-order valence-electron chi connectivity index (χ0n) is 7.93. The van der Waals surface area contributed by atoms with Gasteiger partial charge < -0.3 is 0 Å². The Morgan fingerprint density at radius 1 is 0.929 bits per heavy atom. The van der Waals surface area contributed by atoms with E-state index < -0.39 is 0 Å². The highest BCUT2D eigenvalue weighted by Gasteiger charge is 1.87. The first-order valence-corrected chi connectivity index (χ1v) is 5.48. The van der Waals surface area contributed by atoms with Crippen molar-refractivity contribution < 1.29 is 0 Å². The van der Waals surface area contributed by atoms with E-state index in [0.29, 0.717) is 0 Å². The number of benzene rings is 1. The summed E-state index contributed by atoms with van der Waals surface area (Å²) in [7, 11) is 0. The Hall–Kier alpha value is -0.600. The van der Waals surface area contributed by atoms with Gasteiger partial charge in [0.05, 0.1) is 0 Å². The third kappa shape index (κ3) is 5.20. The van der Waals surface area contributed by atoms with Gasteiger partial charge in [0.25, 0.3) is 0 Å². The second-order valence-electron chi connectivity index (χ2n) is 2.94. The summed E-state index contributed by atoms with van der Waals surface area (Å²) < 4.78 is 0. The molecule has 14 heavy (non-hydrogen) atoms. The standard InChI is InChI=1S/C6H8S.C6H6S/c2*7-6-4-2-1-3-5-6/h2,4-5,7H,1,3H2;1-5,7H. The molecular weight excluding hydrogens is 208 g/mol. The molecule has 0 aromatic heterocycles. The van der Waals surface area contributed by atoms with E-state index in [4.69, 9.17) is 0 Å². The topological polar surface area (TPSA) is 0 Å². The van der Waals surface area contributed by atoms with Crippen LogP contribution in [0.15, 0.2) is 58.4 Å². The van der Waals surface area contributed by atoms with Gasteiger partial charge in [0.15, 0.2) is 0 Å². The lowest BCUT2D eigenvalue weighted by Gasteiger charge is -1.95. The molecule has 0 saturated carbocycles. The van der Waals surface area contributed by atoms with Gasteiger partial charge in [0.2, 0.25) is 0 Å². The van der Waals surface area contributed by atoms with Crippen LogP contribution in [-0.4, -0.2) is 0 Å². The highest BCUT2D eigenvalue weighted by atomic mass is 32.1. The Balaban J connectivity index is 0.000000140. The van der Waals surface area contributed by atoms with Crippen molar-refractivity contribution in [3.63, 3.8) is 0 Å². The van der Waals surface area contributed by atoms with E-state index >= 15 is 0 Å². The molecule has 0 heterocycles. The fourth-order valence-electron chi connectivity index (χ4n) is 1.03. The maximum absolute atomic E-state index is 4.14. The van der Waals surface area contributed by atoms with Crippen molar-refractivity contribution >= 4 is 25.3 Å². The zero-order valence-corrected chi connectivity index (χ0v) is 9.72. The van der Waals surface area contributed by atoms with Crippen LogP contribution in [0.4, 0.5) is 0 Å². The average Bonchev–Trinajstić information content (AvgIpc) is 2.21. The summed E-state index contributed by atoms with van der Waals surface area (Å²) in [5.74, 6) is 0. The van der Waals surface area contributed by atoms with E-state index in [0.717, 1.165) is 16.2 Å². The van der Waals surface area contributed by atoms with Gasteiger partial charge >= 0.3 is 0 Å². The molecule has 0 nitrogen and oxygen atoms in total. The minimum atomic E-state index is 1.02. The number of rotatable bonds is 0. The van der Waals surface area contributed by atoms with Gasteiger partial charge in [0, 0.05) is 4.90 Å². The lowest BCUT2D eigenvalue weighted by atomic mass is 10.2. The molecule has 1 aromatic carbocycles. The molecule has 74 valence electrons. The quantitative estimate of drug-likeness (QED) is 0.606. The van der Waals surface area contributed by atoms with Crippen molar-refractivity contribution in [1.82, 2.24) is 0 Å². The van der Waals surface area contributed by atoms with Gasteiger partial charge in [-0.15, -0.1) is 25.3 Å². The second-order valence-corrected chi connectivity index (χ2v) is 3.98. The predicted molar refractivity (Wildman–Crippen MR) is 69.1 cm³/mol. The summed E-state index contributed by atoms with van der Waals surface area (Å²) in [5, 5.41) is 0. The van der Waals surface area contributed by atoms with Crippen LogP contribution in [0.3, 0.4) is 0 Å². The summed E-state index contributed by atoms with van der Waals surface area (Å²) in [6.45, 7) is 0. The van der Waals surface area contributed by atoms with E-state index in [1.54, 1.807) is 0 Å². The maximum atomic E-state index is 4.14. The molecule has 2 heteroatoms. The van der Waals surface area contributed by atoms with Crippen LogP contribution >= 0.6 is 25.3 Å². The molecule has 2 rings (SSSR count). The Morgan fingerprint density at radius 3 is 1.93 bits per heavy atom. The Bertz CT molecular complexity index is 312. The molecule has 0 bridgehead atoms. The molecule has 0 radical (unpaired) electrons. The molecule has 1 aliphatic rings. The van der Waals surface area contributed by atoms with Crippen LogP contribution in [0.2, 0.25) is 0 Å². The summed E-state index contributed by atoms with van der Waals surface area (Å²) in [4.78, 5) is 2.12. The number of hydrogen-bond acceptors (Lipinski definition) is 2. The van der Waals surface area contributed by atoms with Gasteiger partial charge in [-0.05, 0) is 29.9 Å². The van der Waals surface area contributed by atoms with Crippen molar-refractivity contribution in [1.29, 1.82) is 0 Å². The van der Waals surface area contributed by atoms with E-state index in [2.05, 4.69) is 37.4 Å². The van der Waals surface area contributed by atoms with Crippen molar-refractivity contribution in [3.05, 3.63) is 53.5 Å². The molecule has 0 aliphatic heterocycles. The van der Waals surface area contributed by atoms with Gasteiger partial charge in [-0.3, -0.25) is 0 Å². The third-order valence-corrected chi connectivity index (χ3v) is 2.36. The SMILES string of the molecule is SC1=CCCC=C1.Sc1ccccc1. The fraction of sp³-hybridized carbons (Fsp3) is 0.167. The summed E-state index contributed by atoms with van der Waals surface area (Å²) in [6, 6.07) is 9.79. The lowest BCUT2D eigenvalue weighted by molar-refractivity contribution is 1.03. The van der Waals surface area contributed by atoms with Crippen LogP contribution in [-0.2, 0) is 0 Å². The minimum absolute atomic E-state index is 1.02. The van der Waals surface area contributed by atoms with Gasteiger partial charge in [0.1, 0.15) is 0 Å². The van der Waals surface area contributed by atoms with E-state index in [9.17, 15) is 0 Å². The van der Waals surface area contributed by atoms with Crippen molar-refractivity contribution in [3.8, 4) is 0 Å². The van der Waals surface area contributed by atoms with Crippen molar-refractivity contribution in [2.75, 3.05) is 0 Å². The molecule has 0 unspecified atom stereocenters. The average molecular weight is 222 g/mol. The van der Waals surface area contributed by atoms with Crippen molar-refractivity contribution in [2.45, 2.75) is 17.7 Å². The highest BCUT2D eigenvalue weighted by molar-refractivity contribution is 7.84. The van der Waals surface area contributed by atoms with Crippen LogP contribution in [0.1, 0.15) is 12.8 Å². The van der Waals surface area contributed by atoms with Crippen LogP contribution in [0.5, 0.6) is 0 Å². The maximum Gasteiger partial charge on any atom is 0.00399 e. The first kappa shape index (κ1) is 11.5. The minimum Gasteiger partial charge on any atom is -0.144 e. The first-order chi connectivity index (χ1) is 6.79. The molecule has 0 amide bonds. The fourth-order valence-corrected chi connectivity index (χ4v) is 1.43. The predicted octanol–water partition coefficient (Wildman–Crippen LogP) is 4.13. The van der Waals surface area contributed by atoms with Gasteiger partial charge in [-0.2, -0.15) is 0 Å². The Kier molecular flexibility index (Phi) is 5.57. The van der Waals surface area contributed by atoms with E-state index in [-0.39, 0.29) is 0 Å². The summed E-state index contributed by atoms with van der Waals surface area (Å²) in [6.07, 6.45) is 8.65. The summed E-state index contributed by atoms with van der Waals surface area (Å²) in [5.41, 5.74) is 0. The molecule has 0 N–H and O–H groups in total. The van der Waals surface area contributed by atoms with Gasteiger partial charge in [-0.25, -0.2) is 0 Å². The van der Waals surface area contributed by atoms with Crippen LogP contribution in [0.25, 0.3) is 0 Å². The molecule has 0 fully saturated rings. The van der Waals surface area contributed by atoms with Crippen LogP contribution in [0, 0.1) is 0 Å². The molecule has 1 aromatic rings. The molecular formula is C12H14S2. The second kappa shape index (κ2) is 6.80. The monoisotopic (exact) mass is 222 g/mol. The smallest absolute Gasteiger partial charge is 0.00399 e. The highest BCUT2D eigenvalue weighted by Crippen LogP contribution is 2.11. The molecule has 0 saturated heterocycles. The number of hydrogen-bond donors (Lipinski definition) is 2. The van der Waals surface area contributed by atoms with Crippen LogP contribution < -0.4 is 0 Å². The number of thiol groups is 2. The summed E-state index contributed by atoms with van der Waals surface area (Å²) >= 11 is 8.22. The largest absolute Gasteiger partial charge is 0.144 e. The van der Waals surface area contributed by atoms with Gasteiger partial charge in [-0.1, -0.05) is 36.4 Å². The zero-order chi connectivity index (χ0) is 10.2. The third-order valence-electron chi connectivity index (χ3n) is 1.73. The van der Waals surface area contributed by atoms with E-state index in [1.165, 1.54) is 6.42 Å². The molecule has 0 spiro atoms. The number of allylic oxidation sites excluding steroid dienone is 3. The Labute approximate surface area is 96.6 Å². The first-order valence-electron chi connectivity index (χ1n) is 4.59. The van der Waals surface area contributed by atoms with Crippen molar-refractivity contribution in [2.24, 2.45) is 0 Å². The lowest BCUT2D eigenvalue weighted by Crippen LogP contribution is -1.73. The normalized spacial score (nSPS) is 14.0. The molecule has 0 atom stereocenters.